The maximum absolute atomic E-state index is 12.4. The molecule has 0 radical (unpaired) electrons. The highest BCUT2D eigenvalue weighted by Gasteiger charge is 2.21. The molecule has 122 valence electrons. The average Bonchev–Trinajstić information content (AvgIpc) is 3.08. The van der Waals surface area contributed by atoms with Crippen molar-refractivity contribution in [2.24, 2.45) is 0 Å². The monoisotopic (exact) mass is 316 g/mol. The molecular weight excluding hydrogens is 296 g/mol. The number of hydrogen-bond donors (Lipinski definition) is 2. The van der Waals surface area contributed by atoms with E-state index in [1.54, 1.807) is 43.4 Å². The SMILES string of the molecule is CC(CCO)NC(=O)c1ccccc1N(C)C(=O)c1ccco1. The number of anilines is 1. The van der Waals surface area contributed by atoms with E-state index in [0.29, 0.717) is 17.7 Å². The molecule has 0 spiro atoms. The lowest BCUT2D eigenvalue weighted by molar-refractivity contribution is 0.0935. The van der Waals surface area contributed by atoms with Crippen LogP contribution >= 0.6 is 0 Å². The molecule has 0 aliphatic carbocycles. The van der Waals surface area contributed by atoms with E-state index in [2.05, 4.69) is 5.32 Å². The minimum atomic E-state index is -0.335. The highest BCUT2D eigenvalue weighted by molar-refractivity contribution is 6.09. The summed E-state index contributed by atoms with van der Waals surface area (Å²) in [6, 6.07) is 9.90. The van der Waals surface area contributed by atoms with Gasteiger partial charge in [-0.2, -0.15) is 0 Å². The normalized spacial score (nSPS) is 11.8. The number of nitrogens with one attached hydrogen (secondary N) is 1. The fourth-order valence-corrected chi connectivity index (χ4v) is 2.20. The standard InChI is InChI=1S/C17H20N2O4/c1-12(9-10-20)18-16(21)13-6-3-4-7-14(13)19(2)17(22)15-8-5-11-23-15/h3-8,11-12,20H,9-10H2,1-2H3,(H,18,21). The van der Waals surface area contributed by atoms with E-state index in [1.807, 2.05) is 6.92 Å². The Morgan fingerprint density at radius 1 is 1.26 bits per heavy atom. The van der Waals surface area contributed by atoms with Crippen LogP contribution < -0.4 is 10.2 Å². The first kappa shape index (κ1) is 16.8. The van der Waals surface area contributed by atoms with Crippen molar-refractivity contribution < 1.29 is 19.1 Å². The Morgan fingerprint density at radius 2 is 2.00 bits per heavy atom. The number of benzene rings is 1. The second-order valence-electron chi connectivity index (χ2n) is 5.25. The second kappa shape index (κ2) is 7.60. The number of para-hydroxylation sites is 1. The molecular formula is C17H20N2O4. The van der Waals surface area contributed by atoms with Crippen molar-refractivity contribution in [3.05, 3.63) is 54.0 Å². The third-order valence-corrected chi connectivity index (χ3v) is 3.49. The molecule has 0 saturated carbocycles. The van der Waals surface area contributed by atoms with E-state index in [1.165, 1.54) is 11.2 Å². The molecule has 2 rings (SSSR count). The van der Waals surface area contributed by atoms with Gasteiger partial charge in [0.1, 0.15) is 0 Å². The van der Waals surface area contributed by atoms with Crippen LogP contribution in [-0.2, 0) is 0 Å². The minimum absolute atomic E-state index is 0.0000241. The molecule has 2 aromatic rings. The zero-order chi connectivity index (χ0) is 16.8. The highest BCUT2D eigenvalue weighted by Crippen LogP contribution is 2.21. The first-order chi connectivity index (χ1) is 11.0. The molecule has 0 fully saturated rings. The number of nitrogens with zero attached hydrogens (tertiary/aromatic N) is 1. The van der Waals surface area contributed by atoms with Crippen LogP contribution in [-0.4, -0.2) is 36.6 Å². The molecule has 0 saturated heterocycles. The average molecular weight is 316 g/mol. The molecule has 1 unspecified atom stereocenters. The second-order valence-corrected chi connectivity index (χ2v) is 5.25. The Kier molecular flexibility index (Phi) is 5.54. The summed E-state index contributed by atoms with van der Waals surface area (Å²) in [6.07, 6.45) is 1.89. The Bertz CT molecular complexity index is 667. The van der Waals surface area contributed by atoms with Crippen molar-refractivity contribution in [2.45, 2.75) is 19.4 Å². The van der Waals surface area contributed by atoms with Crippen LogP contribution in [0.1, 0.15) is 34.3 Å². The smallest absolute Gasteiger partial charge is 0.293 e. The van der Waals surface area contributed by atoms with Crippen molar-refractivity contribution in [1.82, 2.24) is 5.32 Å². The fraction of sp³-hybridized carbons (Fsp3) is 0.294. The third-order valence-electron chi connectivity index (χ3n) is 3.49. The van der Waals surface area contributed by atoms with Crippen LogP contribution in [0.25, 0.3) is 0 Å². The van der Waals surface area contributed by atoms with E-state index in [9.17, 15) is 9.59 Å². The van der Waals surface area contributed by atoms with Crippen LogP contribution in [0.2, 0.25) is 0 Å². The number of aliphatic hydroxyl groups excluding tert-OH is 1. The summed E-state index contributed by atoms with van der Waals surface area (Å²) in [6.45, 7) is 1.81. The molecule has 6 nitrogen and oxygen atoms in total. The largest absolute Gasteiger partial charge is 0.459 e. The Hall–Kier alpha value is -2.60. The summed E-state index contributed by atoms with van der Waals surface area (Å²) in [5, 5.41) is 11.7. The van der Waals surface area contributed by atoms with Gasteiger partial charge in [0, 0.05) is 19.7 Å². The Morgan fingerprint density at radius 3 is 2.65 bits per heavy atom. The van der Waals surface area contributed by atoms with Gasteiger partial charge < -0.3 is 19.7 Å². The van der Waals surface area contributed by atoms with Crippen molar-refractivity contribution in [1.29, 1.82) is 0 Å². The number of carbonyl (C=O) groups excluding carboxylic acids is 2. The van der Waals surface area contributed by atoms with Crippen LogP contribution in [0, 0.1) is 0 Å². The summed E-state index contributed by atoms with van der Waals surface area (Å²) in [5.74, 6) is -0.421. The quantitative estimate of drug-likeness (QED) is 0.854. The van der Waals surface area contributed by atoms with Crippen molar-refractivity contribution in [2.75, 3.05) is 18.6 Å². The lowest BCUT2D eigenvalue weighted by Crippen LogP contribution is -2.35. The predicted octanol–water partition coefficient (Wildman–Crippen LogP) is 2.06. The molecule has 23 heavy (non-hydrogen) atoms. The molecule has 2 amide bonds. The van der Waals surface area contributed by atoms with E-state index < -0.39 is 0 Å². The topological polar surface area (TPSA) is 82.8 Å². The van der Waals surface area contributed by atoms with Gasteiger partial charge in [-0.05, 0) is 37.6 Å². The van der Waals surface area contributed by atoms with Crippen molar-refractivity contribution in [3.63, 3.8) is 0 Å². The van der Waals surface area contributed by atoms with Gasteiger partial charge in [-0.3, -0.25) is 9.59 Å². The van der Waals surface area contributed by atoms with Gasteiger partial charge in [-0.1, -0.05) is 12.1 Å². The van der Waals surface area contributed by atoms with Gasteiger partial charge in [0.25, 0.3) is 11.8 Å². The Balaban J connectivity index is 2.23. The molecule has 1 heterocycles. The lowest BCUT2D eigenvalue weighted by Gasteiger charge is -2.20. The number of aliphatic hydroxyl groups is 1. The minimum Gasteiger partial charge on any atom is -0.459 e. The summed E-state index contributed by atoms with van der Waals surface area (Å²) in [4.78, 5) is 26.2. The van der Waals surface area contributed by atoms with E-state index in [4.69, 9.17) is 9.52 Å². The first-order valence-corrected chi connectivity index (χ1v) is 7.37. The first-order valence-electron chi connectivity index (χ1n) is 7.37. The van der Waals surface area contributed by atoms with Crippen LogP contribution in [0.3, 0.4) is 0 Å². The molecule has 6 heteroatoms. The highest BCUT2D eigenvalue weighted by atomic mass is 16.3. The zero-order valence-corrected chi connectivity index (χ0v) is 13.2. The maximum atomic E-state index is 12.4. The van der Waals surface area contributed by atoms with Crippen molar-refractivity contribution in [3.8, 4) is 0 Å². The molecule has 0 aliphatic heterocycles. The summed E-state index contributed by atoms with van der Waals surface area (Å²) < 4.78 is 5.12. The maximum Gasteiger partial charge on any atom is 0.293 e. The molecule has 1 aromatic carbocycles. The van der Waals surface area contributed by atoms with Gasteiger partial charge in [-0.15, -0.1) is 0 Å². The van der Waals surface area contributed by atoms with Gasteiger partial charge >= 0.3 is 0 Å². The predicted molar refractivity (Wildman–Crippen MR) is 86.5 cm³/mol. The third kappa shape index (κ3) is 3.98. The number of carbonyl (C=O) groups is 2. The number of hydrogen-bond acceptors (Lipinski definition) is 4. The van der Waals surface area contributed by atoms with Crippen LogP contribution in [0.15, 0.2) is 47.1 Å². The number of furan rings is 1. The Labute approximate surface area is 134 Å². The van der Waals surface area contributed by atoms with Crippen LogP contribution in [0.5, 0.6) is 0 Å². The molecule has 2 N–H and O–H groups in total. The van der Waals surface area contributed by atoms with Gasteiger partial charge in [0.2, 0.25) is 0 Å². The lowest BCUT2D eigenvalue weighted by atomic mass is 10.1. The zero-order valence-electron chi connectivity index (χ0n) is 13.2. The van der Waals surface area contributed by atoms with Crippen LogP contribution in [0.4, 0.5) is 5.69 Å². The fourth-order valence-electron chi connectivity index (χ4n) is 2.20. The molecule has 1 atom stereocenters. The molecule has 1 aromatic heterocycles. The van der Waals surface area contributed by atoms with Crippen molar-refractivity contribution >= 4 is 17.5 Å². The summed E-state index contributed by atoms with van der Waals surface area (Å²) >= 11 is 0. The number of amides is 2. The van der Waals surface area contributed by atoms with Gasteiger partial charge in [0.15, 0.2) is 5.76 Å². The summed E-state index contributed by atoms with van der Waals surface area (Å²) in [5.41, 5.74) is 0.877. The van der Waals surface area contributed by atoms with E-state index in [0.717, 1.165) is 0 Å². The van der Waals surface area contributed by atoms with Gasteiger partial charge in [0.05, 0.1) is 17.5 Å². The number of rotatable bonds is 6. The summed E-state index contributed by atoms with van der Waals surface area (Å²) in [7, 11) is 1.59. The van der Waals surface area contributed by atoms with E-state index in [-0.39, 0.29) is 30.2 Å². The molecule has 0 bridgehead atoms. The van der Waals surface area contributed by atoms with Gasteiger partial charge in [-0.25, -0.2) is 0 Å². The van der Waals surface area contributed by atoms with E-state index >= 15 is 0 Å². The molecule has 0 aliphatic rings.